The van der Waals surface area contributed by atoms with Gasteiger partial charge in [0.15, 0.2) is 11.5 Å². The van der Waals surface area contributed by atoms with Crippen LogP contribution in [0.2, 0.25) is 5.02 Å². The van der Waals surface area contributed by atoms with E-state index in [0.29, 0.717) is 16.5 Å². The smallest absolute Gasteiger partial charge is 0.254 e. The minimum atomic E-state index is -0.625. The van der Waals surface area contributed by atoms with Gasteiger partial charge in [-0.25, -0.2) is 4.39 Å². The molecular weight excluding hydrogens is 307 g/mol. The SMILES string of the molecule is C[C@H](NC(=O)c1cc(Cl)ccc1F)c1nnc2ccccn12. The van der Waals surface area contributed by atoms with Crippen molar-refractivity contribution in [1.82, 2.24) is 19.9 Å². The summed E-state index contributed by atoms with van der Waals surface area (Å²) >= 11 is 5.80. The summed E-state index contributed by atoms with van der Waals surface area (Å²) in [4.78, 5) is 12.2. The summed E-state index contributed by atoms with van der Waals surface area (Å²) in [6.45, 7) is 1.75. The number of hydrogen-bond donors (Lipinski definition) is 1. The highest BCUT2D eigenvalue weighted by Gasteiger charge is 2.19. The third-order valence-electron chi connectivity index (χ3n) is 3.25. The highest BCUT2D eigenvalue weighted by atomic mass is 35.5. The van der Waals surface area contributed by atoms with Crippen LogP contribution in [0.5, 0.6) is 0 Å². The number of aromatic nitrogens is 3. The average molecular weight is 319 g/mol. The van der Waals surface area contributed by atoms with Crippen LogP contribution in [-0.4, -0.2) is 20.5 Å². The molecular formula is C15H12ClFN4O. The highest BCUT2D eigenvalue weighted by Crippen LogP contribution is 2.17. The summed E-state index contributed by atoms with van der Waals surface area (Å²) in [5, 5.41) is 11.1. The van der Waals surface area contributed by atoms with E-state index in [1.54, 1.807) is 17.5 Å². The molecule has 1 amide bonds. The third-order valence-corrected chi connectivity index (χ3v) is 3.48. The zero-order valence-electron chi connectivity index (χ0n) is 11.6. The van der Waals surface area contributed by atoms with E-state index < -0.39 is 17.8 Å². The predicted octanol–water partition coefficient (Wildman–Crippen LogP) is 3.01. The molecule has 0 aliphatic rings. The number of hydrogen-bond acceptors (Lipinski definition) is 3. The molecule has 112 valence electrons. The Morgan fingerprint density at radius 3 is 2.95 bits per heavy atom. The first kappa shape index (κ1) is 14.5. The van der Waals surface area contributed by atoms with Gasteiger partial charge in [-0.2, -0.15) is 0 Å². The number of halogens is 2. The van der Waals surface area contributed by atoms with E-state index >= 15 is 0 Å². The number of nitrogens with zero attached hydrogens (tertiary/aromatic N) is 3. The predicted molar refractivity (Wildman–Crippen MR) is 80.3 cm³/mol. The molecule has 0 aliphatic heterocycles. The Morgan fingerprint density at radius 2 is 2.14 bits per heavy atom. The van der Waals surface area contributed by atoms with Crippen molar-refractivity contribution < 1.29 is 9.18 Å². The van der Waals surface area contributed by atoms with Gasteiger partial charge in [0.1, 0.15) is 5.82 Å². The Balaban J connectivity index is 1.86. The molecule has 2 heterocycles. The molecule has 7 heteroatoms. The van der Waals surface area contributed by atoms with Crippen molar-refractivity contribution >= 4 is 23.2 Å². The standard InChI is InChI=1S/C15H12ClFN4O/c1-9(14-20-19-13-4-2-3-7-21(13)14)18-15(22)11-8-10(16)5-6-12(11)17/h2-9H,1H3,(H,18,22)/t9-/m0/s1. The van der Waals surface area contributed by atoms with E-state index in [9.17, 15) is 9.18 Å². The molecule has 0 saturated carbocycles. The van der Waals surface area contributed by atoms with Gasteiger partial charge in [-0.1, -0.05) is 17.7 Å². The van der Waals surface area contributed by atoms with E-state index in [2.05, 4.69) is 15.5 Å². The first-order valence-corrected chi connectivity index (χ1v) is 6.99. The maximum atomic E-state index is 13.7. The fourth-order valence-corrected chi connectivity index (χ4v) is 2.34. The third kappa shape index (κ3) is 2.65. The summed E-state index contributed by atoms with van der Waals surface area (Å²) in [5.74, 6) is -0.619. The summed E-state index contributed by atoms with van der Waals surface area (Å²) in [5.41, 5.74) is 0.570. The maximum absolute atomic E-state index is 13.7. The number of carbonyl (C=O) groups is 1. The largest absolute Gasteiger partial charge is 0.342 e. The number of nitrogens with one attached hydrogen (secondary N) is 1. The van der Waals surface area contributed by atoms with Gasteiger partial charge in [0.2, 0.25) is 0 Å². The second kappa shape index (κ2) is 5.73. The van der Waals surface area contributed by atoms with Crippen molar-refractivity contribution in [3.05, 3.63) is 64.8 Å². The minimum Gasteiger partial charge on any atom is -0.342 e. The van der Waals surface area contributed by atoms with Crippen molar-refractivity contribution in [3.8, 4) is 0 Å². The van der Waals surface area contributed by atoms with Crippen LogP contribution in [0.4, 0.5) is 4.39 Å². The molecule has 0 saturated heterocycles. The summed E-state index contributed by atoms with van der Waals surface area (Å²) in [6.07, 6.45) is 1.80. The summed E-state index contributed by atoms with van der Waals surface area (Å²) < 4.78 is 15.5. The van der Waals surface area contributed by atoms with Crippen molar-refractivity contribution in [3.63, 3.8) is 0 Å². The molecule has 0 fully saturated rings. The highest BCUT2D eigenvalue weighted by molar-refractivity contribution is 6.31. The van der Waals surface area contributed by atoms with Crippen molar-refractivity contribution in [1.29, 1.82) is 0 Å². The van der Waals surface area contributed by atoms with Crippen LogP contribution in [0.3, 0.4) is 0 Å². The normalized spacial score (nSPS) is 12.3. The fourth-order valence-electron chi connectivity index (χ4n) is 2.17. The van der Waals surface area contributed by atoms with Gasteiger partial charge in [0.25, 0.3) is 5.91 Å². The van der Waals surface area contributed by atoms with Crippen molar-refractivity contribution in [2.45, 2.75) is 13.0 Å². The van der Waals surface area contributed by atoms with Crippen LogP contribution < -0.4 is 5.32 Å². The summed E-state index contributed by atoms with van der Waals surface area (Å²) in [6, 6.07) is 8.90. The Bertz CT molecular complexity index is 848. The van der Waals surface area contributed by atoms with Gasteiger partial charge in [-0.15, -0.1) is 10.2 Å². The van der Waals surface area contributed by atoms with Gasteiger partial charge in [0, 0.05) is 11.2 Å². The number of rotatable bonds is 3. The first-order chi connectivity index (χ1) is 10.6. The molecule has 5 nitrogen and oxygen atoms in total. The number of carbonyl (C=O) groups excluding carboxylic acids is 1. The number of fused-ring (bicyclic) bond motifs is 1. The molecule has 0 bridgehead atoms. The Labute approximate surface area is 130 Å². The zero-order valence-corrected chi connectivity index (χ0v) is 12.4. The molecule has 0 spiro atoms. The second-order valence-electron chi connectivity index (χ2n) is 4.81. The van der Waals surface area contributed by atoms with E-state index in [4.69, 9.17) is 11.6 Å². The first-order valence-electron chi connectivity index (χ1n) is 6.62. The molecule has 1 N–H and O–H groups in total. The molecule has 3 rings (SSSR count). The fraction of sp³-hybridized carbons (Fsp3) is 0.133. The minimum absolute atomic E-state index is 0.104. The van der Waals surface area contributed by atoms with Crippen molar-refractivity contribution in [2.75, 3.05) is 0 Å². The molecule has 0 unspecified atom stereocenters. The lowest BCUT2D eigenvalue weighted by molar-refractivity contribution is 0.0934. The Morgan fingerprint density at radius 1 is 1.32 bits per heavy atom. The molecule has 3 aromatic rings. The van der Waals surface area contributed by atoms with Gasteiger partial charge >= 0.3 is 0 Å². The van der Waals surface area contributed by atoms with Gasteiger partial charge in [-0.05, 0) is 37.3 Å². The molecule has 1 atom stereocenters. The topological polar surface area (TPSA) is 59.3 Å². The van der Waals surface area contributed by atoms with Gasteiger partial charge in [0.05, 0.1) is 11.6 Å². The number of pyridine rings is 1. The lowest BCUT2D eigenvalue weighted by Crippen LogP contribution is -2.28. The van der Waals surface area contributed by atoms with Crippen LogP contribution >= 0.6 is 11.6 Å². The van der Waals surface area contributed by atoms with Gasteiger partial charge in [-0.3, -0.25) is 9.20 Å². The van der Waals surface area contributed by atoms with Crippen molar-refractivity contribution in [2.24, 2.45) is 0 Å². The van der Waals surface area contributed by atoms with E-state index in [1.165, 1.54) is 12.1 Å². The molecule has 0 radical (unpaired) electrons. The zero-order chi connectivity index (χ0) is 15.7. The molecule has 22 heavy (non-hydrogen) atoms. The molecule has 2 aromatic heterocycles. The molecule has 0 aliphatic carbocycles. The van der Waals surface area contributed by atoms with Crippen LogP contribution in [0.25, 0.3) is 5.65 Å². The summed E-state index contributed by atoms with van der Waals surface area (Å²) in [7, 11) is 0. The lowest BCUT2D eigenvalue weighted by Gasteiger charge is -2.13. The van der Waals surface area contributed by atoms with Crippen LogP contribution in [0.15, 0.2) is 42.6 Å². The molecule has 1 aromatic carbocycles. The van der Waals surface area contributed by atoms with E-state index in [1.807, 2.05) is 18.2 Å². The van der Waals surface area contributed by atoms with E-state index in [-0.39, 0.29) is 5.56 Å². The average Bonchev–Trinajstić information content (AvgIpc) is 2.93. The Kier molecular flexibility index (Phi) is 3.77. The van der Waals surface area contributed by atoms with Gasteiger partial charge < -0.3 is 5.32 Å². The Hall–Kier alpha value is -2.47. The second-order valence-corrected chi connectivity index (χ2v) is 5.24. The monoisotopic (exact) mass is 318 g/mol. The quantitative estimate of drug-likeness (QED) is 0.807. The maximum Gasteiger partial charge on any atom is 0.254 e. The van der Waals surface area contributed by atoms with E-state index in [0.717, 1.165) is 6.07 Å². The van der Waals surface area contributed by atoms with Crippen LogP contribution in [0.1, 0.15) is 29.1 Å². The lowest BCUT2D eigenvalue weighted by atomic mass is 10.2. The number of benzene rings is 1. The van der Waals surface area contributed by atoms with Crippen LogP contribution in [-0.2, 0) is 0 Å². The number of amides is 1. The van der Waals surface area contributed by atoms with Crippen LogP contribution in [0, 0.1) is 5.82 Å².